The molecule has 1 heterocycles. The maximum absolute atomic E-state index is 12.0. The van der Waals surface area contributed by atoms with Crippen LogP contribution in [0.5, 0.6) is 0 Å². The number of hydrogen-bond acceptors (Lipinski definition) is 4. The van der Waals surface area contributed by atoms with Gasteiger partial charge in [0, 0.05) is 11.8 Å². The minimum Gasteiger partial charge on any atom is -0.465 e. The second-order valence-electron chi connectivity index (χ2n) is 6.45. The van der Waals surface area contributed by atoms with Gasteiger partial charge in [-0.25, -0.2) is 0 Å². The van der Waals surface area contributed by atoms with Crippen LogP contribution < -0.4 is 0 Å². The van der Waals surface area contributed by atoms with E-state index in [2.05, 4.69) is 6.92 Å². The summed E-state index contributed by atoms with van der Waals surface area (Å²) in [7, 11) is 0. The van der Waals surface area contributed by atoms with E-state index in [-0.39, 0.29) is 41.7 Å². The van der Waals surface area contributed by atoms with Crippen LogP contribution in [0, 0.1) is 35.5 Å². The first kappa shape index (κ1) is 12.9. The van der Waals surface area contributed by atoms with E-state index in [1.165, 1.54) is 0 Å². The minimum atomic E-state index is -0.0892. The summed E-state index contributed by atoms with van der Waals surface area (Å²) in [4.78, 5) is 23.7. The molecule has 0 aromatic carbocycles. The van der Waals surface area contributed by atoms with Crippen LogP contribution in [-0.2, 0) is 19.1 Å². The van der Waals surface area contributed by atoms with Gasteiger partial charge in [0.05, 0.1) is 18.4 Å². The number of esters is 2. The average Bonchev–Trinajstić information content (AvgIpc) is 3.03. The van der Waals surface area contributed by atoms with Crippen LogP contribution in [0.2, 0.25) is 0 Å². The molecule has 2 bridgehead atoms. The Bertz CT molecular complexity index is 405. The van der Waals surface area contributed by atoms with E-state index in [1.807, 2.05) is 13.8 Å². The molecule has 0 aromatic heterocycles. The summed E-state index contributed by atoms with van der Waals surface area (Å²) < 4.78 is 10.9. The van der Waals surface area contributed by atoms with Gasteiger partial charge in [-0.3, -0.25) is 9.59 Å². The zero-order chi connectivity index (χ0) is 13.7. The monoisotopic (exact) mass is 266 g/mol. The number of cyclic esters (lactones) is 1. The molecule has 7 atom stereocenters. The van der Waals surface area contributed by atoms with Gasteiger partial charge in [0.2, 0.25) is 0 Å². The van der Waals surface area contributed by atoms with Crippen molar-refractivity contribution in [1.29, 1.82) is 0 Å². The normalized spacial score (nSPS) is 44.9. The van der Waals surface area contributed by atoms with Gasteiger partial charge in [-0.1, -0.05) is 20.8 Å². The highest BCUT2D eigenvalue weighted by Gasteiger charge is 2.63. The van der Waals surface area contributed by atoms with Crippen LogP contribution in [0.4, 0.5) is 0 Å². The summed E-state index contributed by atoms with van der Waals surface area (Å²) in [5.41, 5.74) is 0. The van der Waals surface area contributed by atoms with Crippen molar-refractivity contribution in [1.82, 2.24) is 0 Å². The van der Waals surface area contributed by atoms with Crippen LogP contribution in [0.15, 0.2) is 0 Å². The Kier molecular flexibility index (Phi) is 3.06. The SMILES string of the molecule is CCC(C)C(=O)OC1C(C)C2CC1C1COC(=O)C21. The molecular weight excluding hydrogens is 244 g/mol. The number of carbonyl (C=O) groups is 2. The predicted octanol–water partition coefficient (Wildman–Crippen LogP) is 2.02. The van der Waals surface area contributed by atoms with Crippen molar-refractivity contribution in [3.63, 3.8) is 0 Å². The lowest BCUT2D eigenvalue weighted by atomic mass is 9.74. The molecule has 0 spiro atoms. The van der Waals surface area contributed by atoms with Crippen molar-refractivity contribution < 1.29 is 19.1 Å². The van der Waals surface area contributed by atoms with E-state index in [1.54, 1.807) is 0 Å². The summed E-state index contributed by atoms with van der Waals surface area (Å²) in [6.07, 6.45) is 1.81. The Morgan fingerprint density at radius 1 is 1.42 bits per heavy atom. The molecule has 3 fully saturated rings. The molecule has 0 amide bonds. The second kappa shape index (κ2) is 4.50. The van der Waals surface area contributed by atoms with Crippen LogP contribution in [-0.4, -0.2) is 24.6 Å². The molecule has 0 aromatic rings. The Morgan fingerprint density at radius 3 is 2.84 bits per heavy atom. The number of hydrogen-bond donors (Lipinski definition) is 0. The van der Waals surface area contributed by atoms with Crippen LogP contribution >= 0.6 is 0 Å². The molecule has 2 saturated carbocycles. The molecule has 2 aliphatic carbocycles. The number of rotatable bonds is 3. The average molecular weight is 266 g/mol. The molecule has 7 unspecified atom stereocenters. The van der Waals surface area contributed by atoms with Crippen LogP contribution in [0.25, 0.3) is 0 Å². The summed E-state index contributed by atoms with van der Waals surface area (Å²) >= 11 is 0. The fourth-order valence-corrected chi connectivity index (χ4v) is 4.24. The fraction of sp³-hybridized carbons (Fsp3) is 0.867. The van der Waals surface area contributed by atoms with E-state index in [4.69, 9.17) is 9.47 Å². The maximum Gasteiger partial charge on any atom is 0.309 e. The molecule has 1 saturated heterocycles. The van der Waals surface area contributed by atoms with E-state index in [0.29, 0.717) is 18.4 Å². The van der Waals surface area contributed by atoms with Gasteiger partial charge in [0.25, 0.3) is 0 Å². The Balaban J connectivity index is 1.73. The van der Waals surface area contributed by atoms with Crippen molar-refractivity contribution in [2.45, 2.75) is 39.7 Å². The molecule has 19 heavy (non-hydrogen) atoms. The van der Waals surface area contributed by atoms with E-state index in [0.717, 1.165) is 12.8 Å². The Morgan fingerprint density at radius 2 is 2.16 bits per heavy atom. The first-order valence-corrected chi connectivity index (χ1v) is 7.41. The number of carbonyl (C=O) groups excluding carboxylic acids is 2. The topological polar surface area (TPSA) is 52.6 Å². The molecule has 4 heteroatoms. The summed E-state index contributed by atoms with van der Waals surface area (Å²) in [5.74, 6) is 1.14. The van der Waals surface area contributed by atoms with Crippen molar-refractivity contribution in [2.24, 2.45) is 35.5 Å². The highest BCUT2D eigenvalue weighted by molar-refractivity contribution is 5.76. The smallest absolute Gasteiger partial charge is 0.309 e. The van der Waals surface area contributed by atoms with Gasteiger partial charge < -0.3 is 9.47 Å². The summed E-state index contributed by atoms with van der Waals surface area (Å²) in [6.45, 7) is 6.54. The van der Waals surface area contributed by atoms with Crippen molar-refractivity contribution in [3.05, 3.63) is 0 Å². The Hall–Kier alpha value is -1.06. The zero-order valence-corrected chi connectivity index (χ0v) is 11.8. The lowest BCUT2D eigenvalue weighted by Gasteiger charge is -2.34. The maximum atomic E-state index is 12.0. The quantitative estimate of drug-likeness (QED) is 0.733. The predicted molar refractivity (Wildman–Crippen MR) is 68.0 cm³/mol. The van der Waals surface area contributed by atoms with Gasteiger partial charge >= 0.3 is 11.9 Å². The van der Waals surface area contributed by atoms with Crippen molar-refractivity contribution in [2.75, 3.05) is 6.61 Å². The molecule has 0 radical (unpaired) electrons. The third-order valence-corrected chi connectivity index (χ3v) is 5.59. The highest BCUT2D eigenvalue weighted by atomic mass is 16.6. The van der Waals surface area contributed by atoms with Gasteiger partial charge in [-0.05, 0) is 24.7 Å². The van der Waals surface area contributed by atoms with E-state index >= 15 is 0 Å². The standard InChI is InChI=1S/C15H22O4/c1-4-7(2)14(16)19-13-8(3)9-5-10(13)11-6-18-15(17)12(9)11/h7-13H,4-6H2,1-3H3. The van der Waals surface area contributed by atoms with E-state index < -0.39 is 0 Å². The molecule has 0 N–H and O–H groups in total. The van der Waals surface area contributed by atoms with E-state index in [9.17, 15) is 9.59 Å². The third-order valence-electron chi connectivity index (χ3n) is 5.59. The summed E-state index contributed by atoms with van der Waals surface area (Å²) in [5, 5.41) is 0. The first-order chi connectivity index (χ1) is 9.04. The third kappa shape index (κ3) is 1.79. The second-order valence-corrected chi connectivity index (χ2v) is 6.45. The molecule has 3 aliphatic rings. The molecule has 106 valence electrons. The number of ether oxygens (including phenoxy) is 2. The fourth-order valence-electron chi connectivity index (χ4n) is 4.24. The van der Waals surface area contributed by atoms with Gasteiger partial charge in [-0.15, -0.1) is 0 Å². The van der Waals surface area contributed by atoms with Gasteiger partial charge in [-0.2, -0.15) is 0 Å². The largest absolute Gasteiger partial charge is 0.465 e. The highest BCUT2D eigenvalue weighted by Crippen LogP contribution is 2.58. The molecule has 4 nitrogen and oxygen atoms in total. The lowest BCUT2D eigenvalue weighted by Crippen LogP contribution is -2.41. The lowest BCUT2D eigenvalue weighted by molar-refractivity contribution is -0.161. The number of fused-ring (bicyclic) bond motifs is 5. The Labute approximate surface area is 113 Å². The van der Waals surface area contributed by atoms with Crippen LogP contribution in [0.1, 0.15) is 33.6 Å². The van der Waals surface area contributed by atoms with Crippen molar-refractivity contribution >= 4 is 11.9 Å². The van der Waals surface area contributed by atoms with Crippen molar-refractivity contribution in [3.8, 4) is 0 Å². The van der Waals surface area contributed by atoms with Gasteiger partial charge in [0.15, 0.2) is 0 Å². The van der Waals surface area contributed by atoms with Gasteiger partial charge in [0.1, 0.15) is 6.10 Å². The summed E-state index contributed by atoms with van der Waals surface area (Å²) in [6, 6.07) is 0. The first-order valence-electron chi connectivity index (χ1n) is 7.41. The minimum absolute atomic E-state index is 0.0118. The molecule has 1 aliphatic heterocycles. The molecular formula is C15H22O4. The zero-order valence-electron chi connectivity index (χ0n) is 11.8. The molecule has 3 rings (SSSR count). The van der Waals surface area contributed by atoms with Crippen LogP contribution in [0.3, 0.4) is 0 Å².